The Balaban J connectivity index is 0.000000160. The van der Waals surface area contributed by atoms with Crippen molar-refractivity contribution in [2.75, 3.05) is 29.4 Å². The summed E-state index contributed by atoms with van der Waals surface area (Å²) in [6, 6.07) is 168. The molecule has 6 nitrogen and oxygen atoms in total. The van der Waals surface area contributed by atoms with E-state index in [9.17, 15) is 0 Å². The Bertz CT molecular complexity index is 6270. The van der Waals surface area contributed by atoms with Crippen molar-refractivity contribution in [2.24, 2.45) is 0 Å². The third kappa shape index (κ3) is 14.8. The number of para-hydroxylation sites is 6. The van der Waals surface area contributed by atoms with Gasteiger partial charge in [-0.15, -0.1) is 0 Å². The fourth-order valence-electron chi connectivity index (χ4n) is 16.6. The minimum absolute atomic E-state index is 0. The molecule has 0 aliphatic carbocycles. The van der Waals surface area contributed by atoms with Crippen molar-refractivity contribution in [1.82, 2.24) is 0 Å². The van der Waals surface area contributed by atoms with Gasteiger partial charge in [-0.3, -0.25) is 0 Å². The molecule has 18 aromatic rings. The lowest BCUT2D eigenvalue weighted by Crippen LogP contribution is -2.61. The normalized spacial score (nSPS) is 11.5. The van der Waals surface area contributed by atoms with E-state index in [2.05, 4.69) is 484 Å². The van der Waals surface area contributed by atoms with E-state index in [4.69, 9.17) is 11.6 Å². The Labute approximate surface area is 691 Å². The summed E-state index contributed by atoms with van der Waals surface area (Å²) in [6.07, 6.45) is 0. The van der Waals surface area contributed by atoms with Crippen LogP contribution in [0.2, 0.25) is 5.02 Å². The first kappa shape index (κ1) is 73.6. The van der Waals surface area contributed by atoms with Crippen LogP contribution in [0.3, 0.4) is 0 Å². The topological polar surface area (TPSA) is 19.4 Å². The summed E-state index contributed by atoms with van der Waals surface area (Å²) in [5, 5.41) is 0.620. The monoisotopic (exact) mass is 1520 g/mol. The molecular weight excluding hydrogens is 1440 g/mol. The zero-order valence-corrected chi connectivity index (χ0v) is 64.4. The molecule has 20 rings (SSSR count). The second-order valence-electron chi connectivity index (χ2n) is 28.9. The third-order valence-corrected chi connectivity index (χ3v) is 22.2. The van der Waals surface area contributed by atoms with Crippen molar-refractivity contribution >= 4 is 137 Å². The van der Waals surface area contributed by atoms with Gasteiger partial charge >= 0.3 is 0 Å². The Morgan fingerprint density at radius 1 is 0.188 bits per heavy atom. The number of anilines is 18. The van der Waals surface area contributed by atoms with Gasteiger partial charge in [0.05, 0.1) is 16.4 Å². The predicted octanol–water partition coefficient (Wildman–Crippen LogP) is 29.3. The van der Waals surface area contributed by atoms with Gasteiger partial charge in [-0.2, -0.15) is 0 Å². The fraction of sp³-hybridized carbons (Fsp3) is 0.00917. The van der Waals surface area contributed by atoms with E-state index in [1.165, 1.54) is 61.4 Å². The van der Waals surface area contributed by atoms with Crippen LogP contribution in [0.25, 0.3) is 44.5 Å². The number of nitrogens with zero attached hydrogens (tertiary/aromatic N) is 6. The molecule has 558 valence electrons. The van der Waals surface area contributed by atoms with E-state index in [-0.39, 0.29) is 14.1 Å². The van der Waals surface area contributed by atoms with Gasteiger partial charge < -0.3 is 29.4 Å². The maximum Gasteiger partial charge on any atom is 0.252 e. The van der Waals surface area contributed by atoms with Crippen LogP contribution in [0.1, 0.15) is 7.43 Å². The van der Waals surface area contributed by atoms with E-state index >= 15 is 0 Å². The summed E-state index contributed by atoms with van der Waals surface area (Å²) in [4.78, 5) is 14.1. The zero-order valence-electron chi connectivity index (χ0n) is 63.7. The Morgan fingerprint density at radius 2 is 0.462 bits per heavy atom. The van der Waals surface area contributed by atoms with Crippen molar-refractivity contribution in [3.8, 4) is 44.5 Å². The maximum atomic E-state index is 7.81. The Morgan fingerprint density at radius 3 is 0.897 bits per heavy atom. The first-order valence-electron chi connectivity index (χ1n) is 39.4. The lowest BCUT2D eigenvalue weighted by molar-refractivity contribution is 1.24. The van der Waals surface area contributed by atoms with Crippen LogP contribution in [0.4, 0.5) is 102 Å². The van der Waals surface area contributed by atoms with Crippen molar-refractivity contribution in [1.29, 1.82) is 0 Å². The van der Waals surface area contributed by atoms with Gasteiger partial charge in [-0.1, -0.05) is 322 Å². The summed E-state index contributed by atoms with van der Waals surface area (Å²) in [5.41, 5.74) is 32.4. The number of halogens is 1. The summed E-state index contributed by atoms with van der Waals surface area (Å²) in [6.45, 7) is 0.00509. The number of hydrogen-bond donors (Lipinski definition) is 0. The van der Waals surface area contributed by atoms with Crippen molar-refractivity contribution in [2.45, 2.75) is 7.43 Å². The highest BCUT2D eigenvalue weighted by molar-refractivity contribution is 7.00. The van der Waals surface area contributed by atoms with Gasteiger partial charge in [0, 0.05) is 91.0 Å². The van der Waals surface area contributed by atoms with Gasteiger partial charge in [0.15, 0.2) is 0 Å². The second kappa shape index (κ2) is 33.4. The predicted molar refractivity (Wildman–Crippen MR) is 499 cm³/mol. The van der Waals surface area contributed by atoms with Crippen LogP contribution in [-0.4, -0.2) is 6.71 Å². The lowest BCUT2D eigenvalue weighted by Gasteiger charge is -2.44. The van der Waals surface area contributed by atoms with Crippen LogP contribution in [-0.2, 0) is 0 Å². The minimum Gasteiger partial charge on any atom is -0.311 e. The minimum atomic E-state index is 0. The van der Waals surface area contributed by atoms with Gasteiger partial charge in [0.25, 0.3) is 6.71 Å². The van der Waals surface area contributed by atoms with Crippen molar-refractivity contribution in [3.63, 3.8) is 0 Å². The Kier molecular flexibility index (Phi) is 21.0. The summed E-state index contributed by atoms with van der Waals surface area (Å²) < 4.78 is 0. The molecule has 2 heterocycles. The van der Waals surface area contributed by atoms with Crippen molar-refractivity contribution in [3.05, 3.63) is 478 Å². The van der Waals surface area contributed by atoms with Crippen LogP contribution >= 0.6 is 11.6 Å². The SMILES string of the molecule is C.Clc1c(N(c2cccc(-c3ccccc3)c2)c2cccc(-c3ccccc3)c2)cccc1N(c1ccccc1)c1cccc(N(c2ccccc2)c2ccccc2)c1.c1ccc(-c2cccc(N3c4cc(-c5ccccc5)ccc4B4c5ccc(N(c6ccccc6)c6ccccc6)cc5N(c5ccccc5)c5cccc3c54)c2)cc1. The molecule has 0 radical (unpaired) electrons. The molecule has 2 aliphatic heterocycles. The van der Waals surface area contributed by atoms with Gasteiger partial charge in [-0.25, -0.2) is 0 Å². The quantitative estimate of drug-likeness (QED) is 0.0792. The highest BCUT2D eigenvalue weighted by Crippen LogP contribution is 2.51. The Hall–Kier alpha value is -14.9. The van der Waals surface area contributed by atoms with Crippen LogP contribution in [0.15, 0.2) is 473 Å². The average molecular weight is 1520 g/mol. The highest BCUT2D eigenvalue weighted by Gasteiger charge is 2.44. The molecule has 0 unspecified atom stereocenters. The zero-order chi connectivity index (χ0) is 77.5. The smallest absolute Gasteiger partial charge is 0.252 e. The summed E-state index contributed by atoms with van der Waals surface area (Å²) in [7, 11) is 0. The van der Waals surface area contributed by atoms with Gasteiger partial charge in [0.1, 0.15) is 0 Å². The molecule has 117 heavy (non-hydrogen) atoms. The molecule has 0 fully saturated rings. The number of hydrogen-bond acceptors (Lipinski definition) is 6. The molecule has 0 N–H and O–H groups in total. The van der Waals surface area contributed by atoms with Crippen LogP contribution in [0.5, 0.6) is 0 Å². The molecule has 0 atom stereocenters. The molecule has 0 saturated carbocycles. The molecule has 0 amide bonds. The third-order valence-electron chi connectivity index (χ3n) is 21.9. The van der Waals surface area contributed by atoms with Gasteiger partial charge in [-0.05, 0) is 231 Å². The standard InChI is InChI=1S/C54H38BN3.C54H40ClN3.CH4/c1-6-18-39(19-7-1)41-22-16-29-46(36-41)58-51-31-17-30-50-54(51)55(48-34-32-42(37-52(48)58)40-20-8-2-9-21-40)49-35-33-47(38-53(49)57(50)45-27-14-5-15-28-45)56(43-23-10-3-11-24-43)44-25-12-4-13-26-44;55-54-52(57(47-30-14-5-15-31-47)51-35-18-34-50(40-51)56(45-26-10-3-11-27-45)46-28-12-4-13-29-46)36-19-37-53(54)58(48-32-16-24-43(38-48)41-20-6-1-7-21-41)49-33-17-25-44(39-49)42-22-8-2-9-23-42;/h1-38H;1-40H;1H4. The lowest BCUT2D eigenvalue weighted by atomic mass is 9.33. The van der Waals surface area contributed by atoms with E-state index in [0.29, 0.717) is 5.02 Å². The van der Waals surface area contributed by atoms with Crippen LogP contribution in [0, 0.1) is 0 Å². The van der Waals surface area contributed by atoms with E-state index in [1.807, 2.05) is 18.2 Å². The van der Waals surface area contributed by atoms with E-state index < -0.39 is 0 Å². The van der Waals surface area contributed by atoms with E-state index in [0.717, 1.165) is 102 Å². The number of benzene rings is 18. The molecule has 0 spiro atoms. The largest absolute Gasteiger partial charge is 0.311 e. The summed E-state index contributed by atoms with van der Waals surface area (Å²) in [5.74, 6) is 0. The summed E-state index contributed by atoms with van der Waals surface area (Å²) >= 11 is 7.81. The number of fused-ring (bicyclic) bond motifs is 4. The molecular formula is C109H82BClN6. The molecule has 2 aliphatic rings. The molecule has 0 bridgehead atoms. The molecule has 18 aromatic carbocycles. The number of rotatable bonds is 18. The maximum absolute atomic E-state index is 7.81. The first-order valence-corrected chi connectivity index (χ1v) is 39.8. The highest BCUT2D eigenvalue weighted by atomic mass is 35.5. The van der Waals surface area contributed by atoms with Crippen molar-refractivity contribution < 1.29 is 0 Å². The van der Waals surface area contributed by atoms with Crippen LogP contribution < -0.4 is 45.8 Å². The first-order chi connectivity index (χ1) is 57.5. The molecule has 0 saturated heterocycles. The fourth-order valence-corrected chi connectivity index (χ4v) is 16.9. The average Bonchev–Trinajstić information content (AvgIpc) is 0.697. The molecule has 8 heteroatoms. The van der Waals surface area contributed by atoms with Gasteiger partial charge in [0.2, 0.25) is 0 Å². The van der Waals surface area contributed by atoms with E-state index in [1.54, 1.807) is 0 Å². The second-order valence-corrected chi connectivity index (χ2v) is 29.3. The molecule has 0 aromatic heterocycles.